The van der Waals surface area contributed by atoms with Gasteiger partial charge in [-0.1, -0.05) is 69.4 Å². The Morgan fingerprint density at radius 3 is 1.84 bits per heavy atom. The fraction of sp³-hybridized carbons (Fsp3) is 0.500. The number of rotatable bonds is 15. The van der Waals surface area contributed by atoms with E-state index in [2.05, 4.69) is 0 Å². The highest BCUT2D eigenvalue weighted by molar-refractivity contribution is 8.13. The normalized spacial score (nSPS) is 12.4. The average molecular weight is 590 g/mol. The molecule has 0 atom stereocenters. The number of nitrogens with two attached hydrogens (primary N) is 1. The number of benzene rings is 2. The molecule has 0 saturated carbocycles. The Hall–Kier alpha value is -1.78. The lowest BCUT2D eigenvalue weighted by Gasteiger charge is -2.27. The molecule has 0 fully saturated rings. The topological polar surface area (TPSA) is 113 Å². The molecule has 0 saturated heterocycles. The number of halogens is 2. The molecule has 0 aliphatic rings. The number of amides is 1. The molecule has 0 spiro atoms. The van der Waals surface area contributed by atoms with Crippen molar-refractivity contribution in [3.05, 3.63) is 47.5 Å². The molecule has 2 rings (SSSR count). The third-order valence-corrected chi connectivity index (χ3v) is 8.89. The van der Waals surface area contributed by atoms with Crippen LogP contribution in [-0.2, 0) is 28.9 Å². The Morgan fingerprint density at radius 1 is 0.868 bits per heavy atom. The van der Waals surface area contributed by atoms with Gasteiger partial charge in [0.25, 0.3) is 0 Å². The van der Waals surface area contributed by atoms with Crippen molar-refractivity contribution in [2.45, 2.75) is 46.2 Å². The minimum absolute atomic E-state index is 0.0241. The first kappa shape index (κ1) is 32.4. The zero-order valence-corrected chi connectivity index (χ0v) is 24.4. The van der Waals surface area contributed by atoms with E-state index >= 15 is 8.78 Å². The van der Waals surface area contributed by atoms with Crippen LogP contribution in [0.4, 0.5) is 8.78 Å². The second-order valence-electron chi connectivity index (χ2n) is 9.48. The van der Waals surface area contributed by atoms with Crippen molar-refractivity contribution >= 4 is 58.0 Å². The SMILES string of the molecule is CC(C)CC(=O)SCCOP(=O)(OCCSC(=O)CC(C)C)C(F)(F)c1ccc2ccc(C(N)=O)cc2c1. The molecular formula is C26H34F2NO6PS2. The summed E-state index contributed by atoms with van der Waals surface area (Å²) in [7, 11) is -5.10. The fourth-order valence-electron chi connectivity index (χ4n) is 3.36. The highest BCUT2D eigenvalue weighted by Crippen LogP contribution is 2.67. The van der Waals surface area contributed by atoms with Crippen molar-refractivity contribution < 1.29 is 36.8 Å². The first-order valence-corrected chi connectivity index (χ1v) is 15.7. The number of primary amides is 1. The van der Waals surface area contributed by atoms with Crippen LogP contribution in [0.2, 0.25) is 0 Å². The fourth-order valence-corrected chi connectivity index (χ4v) is 6.81. The van der Waals surface area contributed by atoms with E-state index in [-0.39, 0.29) is 39.1 Å². The van der Waals surface area contributed by atoms with Crippen LogP contribution < -0.4 is 5.73 Å². The maximum Gasteiger partial charge on any atom is 0.404 e. The summed E-state index contributed by atoms with van der Waals surface area (Å²) in [6, 6.07) is 8.07. The molecule has 0 aromatic heterocycles. The third kappa shape index (κ3) is 9.45. The van der Waals surface area contributed by atoms with Gasteiger partial charge in [-0.25, -0.2) is 0 Å². The second-order valence-corrected chi connectivity index (χ2v) is 13.9. The Bertz CT molecular complexity index is 1160. The van der Waals surface area contributed by atoms with Gasteiger partial charge in [-0.2, -0.15) is 8.78 Å². The summed E-state index contributed by atoms with van der Waals surface area (Å²) in [4.78, 5) is 35.4. The van der Waals surface area contributed by atoms with Crippen LogP contribution in [0.5, 0.6) is 0 Å². The van der Waals surface area contributed by atoms with Crippen molar-refractivity contribution in [3.8, 4) is 0 Å². The predicted octanol–water partition coefficient (Wildman–Crippen LogP) is 6.83. The Labute approximate surface area is 230 Å². The third-order valence-electron chi connectivity index (χ3n) is 5.18. The van der Waals surface area contributed by atoms with E-state index in [0.29, 0.717) is 23.6 Å². The standard InChI is InChI=1S/C26H34F2NO6PS2/c1-17(2)13-23(30)37-11-9-34-36(33,35-10-12-38-24(31)14-18(3)4)26(27,28)22-8-7-19-5-6-20(25(29)32)15-21(19)16-22/h5-8,15-18H,9-14H2,1-4H3,(H2,29,32). The van der Waals surface area contributed by atoms with E-state index in [0.717, 1.165) is 35.7 Å². The van der Waals surface area contributed by atoms with E-state index in [1.165, 1.54) is 18.2 Å². The molecule has 2 aromatic carbocycles. The molecule has 38 heavy (non-hydrogen) atoms. The number of thioether (sulfide) groups is 2. The van der Waals surface area contributed by atoms with Crippen LogP contribution in [0.1, 0.15) is 56.5 Å². The number of alkyl halides is 2. The van der Waals surface area contributed by atoms with E-state index in [1.54, 1.807) is 6.07 Å². The maximum absolute atomic E-state index is 15.8. The molecular weight excluding hydrogens is 555 g/mol. The van der Waals surface area contributed by atoms with Crippen LogP contribution >= 0.6 is 31.1 Å². The van der Waals surface area contributed by atoms with E-state index in [4.69, 9.17) is 14.8 Å². The van der Waals surface area contributed by atoms with Crippen molar-refractivity contribution in [2.24, 2.45) is 17.6 Å². The van der Waals surface area contributed by atoms with Gasteiger partial charge in [0.2, 0.25) is 5.91 Å². The summed E-state index contributed by atoms with van der Waals surface area (Å²) in [6.07, 6.45) is 0.641. The molecule has 2 aromatic rings. The Kier molecular flexibility index (Phi) is 12.4. The van der Waals surface area contributed by atoms with Crippen LogP contribution in [0.25, 0.3) is 10.8 Å². The summed E-state index contributed by atoms with van der Waals surface area (Å²) in [5.41, 5.74) is 0.769. The summed E-state index contributed by atoms with van der Waals surface area (Å²) in [6.45, 7) is 6.74. The molecule has 0 heterocycles. The van der Waals surface area contributed by atoms with Gasteiger partial charge in [-0.3, -0.25) is 18.9 Å². The number of carbonyl (C=O) groups excluding carboxylic acids is 3. The van der Waals surface area contributed by atoms with Gasteiger partial charge in [-0.15, -0.1) is 0 Å². The van der Waals surface area contributed by atoms with Gasteiger partial charge in [0.05, 0.1) is 13.2 Å². The smallest absolute Gasteiger partial charge is 0.366 e. The van der Waals surface area contributed by atoms with Crippen LogP contribution in [0.15, 0.2) is 36.4 Å². The zero-order chi connectivity index (χ0) is 28.5. The summed E-state index contributed by atoms with van der Waals surface area (Å²) in [5.74, 6) is -0.371. The lowest BCUT2D eigenvalue weighted by Crippen LogP contribution is -2.20. The van der Waals surface area contributed by atoms with Gasteiger partial charge < -0.3 is 14.8 Å². The minimum atomic E-state index is -5.10. The quantitative estimate of drug-likeness (QED) is 0.178. The summed E-state index contributed by atoms with van der Waals surface area (Å²) >= 11 is 1.84. The highest BCUT2D eigenvalue weighted by Gasteiger charge is 2.55. The van der Waals surface area contributed by atoms with E-state index in [9.17, 15) is 18.9 Å². The molecule has 0 unspecified atom stereocenters. The molecule has 12 heteroatoms. The van der Waals surface area contributed by atoms with E-state index in [1.807, 2.05) is 27.7 Å². The largest absolute Gasteiger partial charge is 0.404 e. The van der Waals surface area contributed by atoms with Gasteiger partial charge in [0, 0.05) is 35.5 Å². The van der Waals surface area contributed by atoms with Gasteiger partial charge >= 0.3 is 13.3 Å². The first-order chi connectivity index (χ1) is 17.7. The predicted molar refractivity (Wildman–Crippen MR) is 150 cm³/mol. The zero-order valence-electron chi connectivity index (χ0n) is 21.9. The number of hydrogen-bond acceptors (Lipinski definition) is 8. The van der Waals surface area contributed by atoms with Crippen molar-refractivity contribution in [3.63, 3.8) is 0 Å². The van der Waals surface area contributed by atoms with Crippen molar-refractivity contribution in [1.82, 2.24) is 0 Å². The summed E-state index contributed by atoms with van der Waals surface area (Å²) in [5, 5.41) is 0.637. The van der Waals surface area contributed by atoms with Gasteiger partial charge in [0.1, 0.15) is 0 Å². The monoisotopic (exact) mass is 589 g/mol. The lowest BCUT2D eigenvalue weighted by molar-refractivity contribution is -0.112. The lowest BCUT2D eigenvalue weighted by atomic mass is 10.0. The Balaban J connectivity index is 2.24. The van der Waals surface area contributed by atoms with Crippen LogP contribution in [0.3, 0.4) is 0 Å². The highest BCUT2D eigenvalue weighted by atomic mass is 32.2. The molecule has 0 aliphatic carbocycles. The Morgan fingerprint density at radius 2 is 1.37 bits per heavy atom. The van der Waals surface area contributed by atoms with Gasteiger partial charge in [-0.05, 0) is 40.8 Å². The average Bonchev–Trinajstić information content (AvgIpc) is 2.82. The van der Waals surface area contributed by atoms with Crippen molar-refractivity contribution in [2.75, 3.05) is 24.7 Å². The molecule has 0 bridgehead atoms. The van der Waals surface area contributed by atoms with Crippen LogP contribution in [0, 0.1) is 11.8 Å². The van der Waals surface area contributed by atoms with Crippen molar-refractivity contribution in [1.29, 1.82) is 0 Å². The molecule has 0 aliphatic heterocycles. The molecule has 210 valence electrons. The number of fused-ring (bicyclic) bond motifs is 1. The molecule has 1 amide bonds. The number of hydrogen-bond donors (Lipinski definition) is 1. The first-order valence-electron chi connectivity index (χ1n) is 12.2. The molecule has 7 nitrogen and oxygen atoms in total. The minimum Gasteiger partial charge on any atom is -0.366 e. The van der Waals surface area contributed by atoms with Gasteiger partial charge in [0.15, 0.2) is 10.2 Å². The molecule has 2 N–H and O–H groups in total. The molecule has 0 radical (unpaired) electrons. The maximum atomic E-state index is 15.8. The summed E-state index contributed by atoms with van der Waals surface area (Å²) < 4.78 is 55.4. The van der Waals surface area contributed by atoms with Crippen LogP contribution in [-0.4, -0.2) is 40.9 Å². The number of carbonyl (C=O) groups is 3. The second kappa shape index (κ2) is 14.6. The van der Waals surface area contributed by atoms with E-state index < -0.39 is 37.9 Å².